The summed E-state index contributed by atoms with van der Waals surface area (Å²) < 4.78 is 62.5. The van der Waals surface area contributed by atoms with E-state index in [1.165, 1.54) is 0 Å². The highest BCUT2D eigenvalue weighted by Crippen LogP contribution is 2.39. The van der Waals surface area contributed by atoms with Crippen LogP contribution < -0.4 is 15.7 Å². The minimum atomic E-state index is -6.07. The molecule has 150 valence electrons. The summed E-state index contributed by atoms with van der Waals surface area (Å²) in [6.07, 6.45) is 0. The molecule has 0 unspecified atom stereocenters. The molecule has 1 aromatic rings. The Kier molecular flexibility index (Phi) is 8.13. The molecular weight excluding hydrogens is 736 g/mol. The molecule has 2 N–H and O–H groups in total. The summed E-state index contributed by atoms with van der Waals surface area (Å²) in [5, 5.41) is 17.0. The number of alkyl halides is 3. The summed E-state index contributed by atoms with van der Waals surface area (Å²) in [5.74, 6) is -2.80. The molecule has 0 aliphatic rings. The van der Waals surface area contributed by atoms with Crippen LogP contribution in [0.2, 0.25) is 0 Å². The number of hydrogen-bond acceptors (Lipinski definition) is 5. The zero-order chi connectivity index (χ0) is 21.3. The monoisotopic (exact) mass is 744 g/mol. The van der Waals surface area contributed by atoms with Gasteiger partial charge in [0.2, 0.25) is 11.8 Å². The first-order valence-electron chi connectivity index (χ1n) is 6.44. The van der Waals surface area contributed by atoms with Crippen molar-refractivity contribution in [2.75, 3.05) is 10.6 Å². The maximum Gasteiger partial charge on any atom is 0.518 e. The molecule has 15 heteroatoms. The number of rotatable bonds is 4. The van der Waals surface area contributed by atoms with E-state index < -0.39 is 38.8 Å². The zero-order valence-electron chi connectivity index (χ0n) is 13.2. The summed E-state index contributed by atoms with van der Waals surface area (Å²) in [6, 6.07) is 0. The van der Waals surface area contributed by atoms with Crippen LogP contribution in [-0.4, -0.2) is 31.6 Å². The standard InChI is InChI=1S/C12H9F3I3N3O5S/c1-3(22)19-9-6(16)5(7(17)10(8(9)18)20-4(2)23)11(24)21-27(25,26)12(13,14)15/h1-2H3,(H,19,22)(H,20,23)(H,21,24)/p-1. The van der Waals surface area contributed by atoms with Crippen LogP contribution in [0, 0.1) is 10.7 Å². The molecule has 1 aromatic carbocycles. The minimum absolute atomic E-state index is 0.0239. The van der Waals surface area contributed by atoms with E-state index in [4.69, 9.17) is 0 Å². The highest BCUT2D eigenvalue weighted by molar-refractivity contribution is 14.1. The van der Waals surface area contributed by atoms with E-state index in [1.54, 1.807) is 67.8 Å². The van der Waals surface area contributed by atoms with Gasteiger partial charge in [-0.05, 0) is 67.8 Å². The second kappa shape index (κ2) is 8.93. The quantitative estimate of drug-likeness (QED) is 0.278. The van der Waals surface area contributed by atoms with E-state index >= 15 is 0 Å². The van der Waals surface area contributed by atoms with E-state index in [1.807, 2.05) is 0 Å². The molecular formula is C12H8F3I3N3O5S-. The molecule has 0 saturated heterocycles. The largest absolute Gasteiger partial charge is 0.858 e. The predicted octanol–water partition coefficient (Wildman–Crippen LogP) is 2.37. The Morgan fingerprint density at radius 1 is 0.963 bits per heavy atom. The number of carbonyl (C=O) groups is 2. The minimum Gasteiger partial charge on any atom is -0.858 e. The Bertz CT molecular complexity index is 905. The van der Waals surface area contributed by atoms with Crippen LogP contribution in [0.4, 0.5) is 24.5 Å². The van der Waals surface area contributed by atoms with E-state index in [0.29, 0.717) is 3.57 Å². The summed E-state index contributed by atoms with van der Waals surface area (Å²) in [5.41, 5.74) is -6.20. The van der Waals surface area contributed by atoms with Crippen molar-refractivity contribution < 1.29 is 36.3 Å². The molecule has 0 heterocycles. The van der Waals surface area contributed by atoms with Gasteiger partial charge in [-0.25, -0.2) is 0 Å². The van der Waals surface area contributed by atoms with Crippen molar-refractivity contribution in [2.45, 2.75) is 19.4 Å². The van der Waals surface area contributed by atoms with Crippen molar-refractivity contribution in [3.63, 3.8) is 0 Å². The third-order valence-electron chi connectivity index (χ3n) is 2.63. The summed E-state index contributed by atoms with van der Waals surface area (Å²) in [6.45, 7) is 2.31. The van der Waals surface area contributed by atoms with Gasteiger partial charge in [0.05, 0.1) is 14.9 Å². The number of amides is 2. The summed E-state index contributed by atoms with van der Waals surface area (Å²) in [7, 11) is -6.07. The van der Waals surface area contributed by atoms with Crippen LogP contribution in [0.15, 0.2) is 4.40 Å². The van der Waals surface area contributed by atoms with Gasteiger partial charge in [0.1, 0.15) is 0 Å². The van der Waals surface area contributed by atoms with Gasteiger partial charge < -0.3 is 15.7 Å². The first kappa shape index (κ1) is 24.6. The normalized spacial score (nSPS) is 12.7. The van der Waals surface area contributed by atoms with E-state index in [0.717, 1.165) is 13.8 Å². The van der Waals surface area contributed by atoms with Gasteiger partial charge in [0.25, 0.3) is 0 Å². The molecule has 0 spiro atoms. The molecule has 27 heavy (non-hydrogen) atoms. The van der Waals surface area contributed by atoms with Crippen LogP contribution in [0.5, 0.6) is 0 Å². The van der Waals surface area contributed by atoms with Crippen molar-refractivity contribution in [3.05, 3.63) is 16.3 Å². The van der Waals surface area contributed by atoms with Gasteiger partial charge in [-0.3, -0.25) is 9.59 Å². The van der Waals surface area contributed by atoms with Crippen molar-refractivity contribution in [1.82, 2.24) is 0 Å². The number of halogens is 6. The number of carbonyl (C=O) groups excluding carboxylic acids is 2. The molecule has 0 aromatic heterocycles. The molecule has 8 nitrogen and oxygen atoms in total. The van der Waals surface area contributed by atoms with Gasteiger partial charge in [0.15, 0.2) is 0 Å². The van der Waals surface area contributed by atoms with Gasteiger partial charge in [0, 0.05) is 32.4 Å². The lowest BCUT2D eigenvalue weighted by Gasteiger charge is -2.22. The molecule has 0 saturated carbocycles. The lowest BCUT2D eigenvalue weighted by atomic mass is 10.1. The van der Waals surface area contributed by atoms with Crippen molar-refractivity contribution in [2.24, 2.45) is 4.40 Å². The Morgan fingerprint density at radius 3 is 1.63 bits per heavy atom. The molecule has 0 bridgehead atoms. The molecule has 1 rings (SSSR count). The topological polar surface area (TPSA) is 128 Å². The highest BCUT2D eigenvalue weighted by atomic mass is 127. The number of nitrogens with one attached hydrogen (secondary N) is 2. The second-order valence-electron chi connectivity index (χ2n) is 4.75. The highest BCUT2D eigenvalue weighted by Gasteiger charge is 2.46. The fraction of sp³-hybridized carbons (Fsp3) is 0.250. The first-order chi connectivity index (χ1) is 12.1. The molecule has 0 aliphatic carbocycles. The summed E-state index contributed by atoms with van der Waals surface area (Å²) in [4.78, 5) is 22.8. The molecule has 0 atom stereocenters. The zero-order valence-corrected chi connectivity index (χ0v) is 20.5. The van der Waals surface area contributed by atoms with Gasteiger partial charge in [-0.2, -0.15) is 26.0 Å². The average molecular weight is 744 g/mol. The Morgan fingerprint density at radius 2 is 1.33 bits per heavy atom. The van der Waals surface area contributed by atoms with Crippen molar-refractivity contribution >= 4 is 107 Å². The fourth-order valence-corrected chi connectivity index (χ4v) is 6.21. The van der Waals surface area contributed by atoms with Gasteiger partial charge in [-0.1, -0.05) is 0 Å². The Hall–Kier alpha value is -0.440. The second-order valence-corrected chi connectivity index (χ2v) is 9.58. The molecule has 0 fully saturated rings. The number of nitrogens with zero attached hydrogens (tertiary/aromatic N) is 1. The number of benzene rings is 1. The Labute approximate surface area is 192 Å². The third kappa shape index (κ3) is 5.78. The summed E-state index contributed by atoms with van der Waals surface area (Å²) >= 11 is 4.90. The number of anilines is 2. The van der Waals surface area contributed by atoms with Crippen LogP contribution in [0.1, 0.15) is 19.4 Å². The Balaban J connectivity index is 3.86. The van der Waals surface area contributed by atoms with Crippen LogP contribution in [0.3, 0.4) is 0 Å². The molecule has 0 radical (unpaired) electrons. The number of hydrogen-bond donors (Lipinski definition) is 2. The maximum absolute atomic E-state index is 12.5. The van der Waals surface area contributed by atoms with E-state index in [9.17, 15) is 36.3 Å². The maximum atomic E-state index is 12.5. The van der Waals surface area contributed by atoms with E-state index in [2.05, 4.69) is 15.0 Å². The smallest absolute Gasteiger partial charge is 0.518 e. The average Bonchev–Trinajstić information content (AvgIpc) is 2.46. The first-order valence-corrected chi connectivity index (χ1v) is 11.1. The van der Waals surface area contributed by atoms with Crippen LogP contribution >= 0.6 is 67.8 Å². The van der Waals surface area contributed by atoms with E-state index in [-0.39, 0.29) is 18.5 Å². The SMILES string of the molecule is CC(=O)Nc1c(I)c(NC(C)=O)c(I)c(/C([O-])=N/S(=O)(=O)C(F)(F)F)c1I. The predicted molar refractivity (Wildman–Crippen MR) is 115 cm³/mol. The molecule has 2 amide bonds. The molecule has 0 aliphatic heterocycles. The fourth-order valence-electron chi connectivity index (χ4n) is 1.63. The number of sulfonamides is 1. The van der Waals surface area contributed by atoms with Crippen molar-refractivity contribution in [3.8, 4) is 0 Å². The van der Waals surface area contributed by atoms with Crippen LogP contribution in [-0.2, 0) is 19.6 Å². The third-order valence-corrected chi connectivity index (χ3v) is 6.86. The van der Waals surface area contributed by atoms with Gasteiger partial charge >= 0.3 is 15.5 Å². The van der Waals surface area contributed by atoms with Crippen LogP contribution in [0.25, 0.3) is 0 Å². The van der Waals surface area contributed by atoms with Gasteiger partial charge in [-0.15, -0.1) is 0 Å². The lowest BCUT2D eigenvalue weighted by Crippen LogP contribution is -2.29. The lowest BCUT2D eigenvalue weighted by molar-refractivity contribution is -0.212. The van der Waals surface area contributed by atoms with Crippen molar-refractivity contribution in [1.29, 1.82) is 0 Å².